The molecule has 5 nitrogen and oxygen atoms in total. The molecular weight excluding hydrogens is 312 g/mol. The minimum Gasteiger partial charge on any atom is -0.444 e. The Morgan fingerprint density at radius 3 is 2.70 bits per heavy atom. The molecule has 0 aromatic carbocycles. The second-order valence-corrected chi connectivity index (χ2v) is 8.12. The zero-order chi connectivity index (χ0) is 17.0. The van der Waals surface area contributed by atoms with Crippen molar-refractivity contribution in [1.82, 2.24) is 9.88 Å². The Hall–Kier alpha value is -1.43. The average molecular weight is 338 g/mol. The zero-order valence-corrected chi connectivity index (χ0v) is 15.2. The predicted molar refractivity (Wildman–Crippen MR) is 91.0 cm³/mol. The van der Waals surface area contributed by atoms with Gasteiger partial charge in [0.2, 0.25) is 0 Å². The summed E-state index contributed by atoms with van der Waals surface area (Å²) in [5, 5.41) is 2.69. The normalized spacial score (nSPS) is 19.3. The predicted octanol–water partition coefficient (Wildman–Crippen LogP) is 4.20. The molecule has 1 aromatic rings. The van der Waals surface area contributed by atoms with Crippen LogP contribution in [-0.2, 0) is 4.74 Å². The Bertz CT molecular complexity index is 562. The van der Waals surface area contributed by atoms with E-state index in [-0.39, 0.29) is 17.9 Å². The van der Waals surface area contributed by atoms with Gasteiger partial charge < -0.3 is 9.64 Å². The van der Waals surface area contributed by atoms with Crippen LogP contribution in [-0.4, -0.2) is 39.9 Å². The maximum Gasteiger partial charge on any atom is 0.410 e. The molecule has 6 heteroatoms. The summed E-state index contributed by atoms with van der Waals surface area (Å²) in [6.07, 6.45) is 3.93. The molecule has 0 aliphatic carbocycles. The fourth-order valence-electron chi connectivity index (χ4n) is 2.76. The van der Waals surface area contributed by atoms with Gasteiger partial charge in [-0.2, -0.15) is 0 Å². The molecule has 0 bridgehead atoms. The van der Waals surface area contributed by atoms with Gasteiger partial charge in [0.1, 0.15) is 11.3 Å². The van der Waals surface area contributed by atoms with E-state index in [1.54, 1.807) is 10.3 Å². The van der Waals surface area contributed by atoms with Crippen LogP contribution in [0.15, 0.2) is 5.38 Å². The second kappa shape index (κ2) is 7.43. The topological polar surface area (TPSA) is 59.5 Å². The molecule has 0 spiro atoms. The monoisotopic (exact) mass is 338 g/mol. The molecule has 0 radical (unpaired) electrons. The molecule has 0 saturated carbocycles. The van der Waals surface area contributed by atoms with Crippen LogP contribution >= 0.6 is 11.3 Å². The summed E-state index contributed by atoms with van der Waals surface area (Å²) in [4.78, 5) is 30.9. The van der Waals surface area contributed by atoms with E-state index in [9.17, 15) is 9.59 Å². The first kappa shape index (κ1) is 17.9. The fraction of sp³-hybridized carbons (Fsp3) is 0.706. The molecule has 23 heavy (non-hydrogen) atoms. The summed E-state index contributed by atoms with van der Waals surface area (Å²) in [5.74, 6) is 0.00908. The Morgan fingerprint density at radius 2 is 2.09 bits per heavy atom. The van der Waals surface area contributed by atoms with Crippen molar-refractivity contribution < 1.29 is 14.3 Å². The number of ether oxygens (including phenoxy) is 1. The number of aromatic nitrogens is 1. The number of carbonyl (C=O) groups is 2. The fourth-order valence-corrected chi connectivity index (χ4v) is 3.38. The van der Waals surface area contributed by atoms with Gasteiger partial charge >= 0.3 is 6.09 Å². The van der Waals surface area contributed by atoms with Crippen LogP contribution < -0.4 is 0 Å². The largest absolute Gasteiger partial charge is 0.444 e. The minimum absolute atomic E-state index is 0.00908. The number of hydrogen-bond acceptors (Lipinski definition) is 5. The summed E-state index contributed by atoms with van der Waals surface area (Å²) in [5.41, 5.74) is -0.00913. The Morgan fingerprint density at radius 1 is 1.35 bits per heavy atom. The van der Waals surface area contributed by atoms with Crippen molar-refractivity contribution in [2.24, 2.45) is 0 Å². The van der Waals surface area contributed by atoms with Crippen molar-refractivity contribution in [3.05, 3.63) is 16.1 Å². The third kappa shape index (κ3) is 5.30. The van der Waals surface area contributed by atoms with Crippen LogP contribution in [0.3, 0.4) is 0 Å². The minimum atomic E-state index is -0.524. The molecule has 1 atom stereocenters. The molecule has 1 aliphatic rings. The first-order valence-corrected chi connectivity index (χ1v) is 9.09. The highest BCUT2D eigenvalue weighted by Gasteiger charge is 2.31. The van der Waals surface area contributed by atoms with Crippen LogP contribution in [0.5, 0.6) is 0 Å². The molecule has 1 saturated heterocycles. The number of carbonyl (C=O) groups excluding carboxylic acids is 2. The molecule has 2 rings (SSSR count). The summed E-state index contributed by atoms with van der Waals surface area (Å²) in [6.45, 7) is 8.13. The standard InChI is InChI=1S/C17H26N2O3S/c1-12-18-14(11-23-12)15(20)10-13-8-6-5-7-9-19(13)16(21)22-17(2,3)4/h11,13H,5-10H2,1-4H3. The van der Waals surface area contributed by atoms with Crippen molar-refractivity contribution in [3.63, 3.8) is 0 Å². The van der Waals surface area contributed by atoms with Gasteiger partial charge in [0.05, 0.1) is 5.01 Å². The third-order valence-electron chi connectivity index (χ3n) is 3.83. The van der Waals surface area contributed by atoms with Gasteiger partial charge in [-0.3, -0.25) is 4.79 Å². The summed E-state index contributed by atoms with van der Waals surface area (Å²) >= 11 is 1.48. The number of nitrogens with zero attached hydrogens (tertiary/aromatic N) is 2. The molecule has 1 aliphatic heterocycles. The van der Waals surface area contributed by atoms with Gasteiger partial charge in [0.25, 0.3) is 0 Å². The molecule has 1 aromatic heterocycles. The quantitative estimate of drug-likeness (QED) is 0.775. The van der Waals surface area contributed by atoms with E-state index in [1.165, 1.54) is 11.3 Å². The van der Waals surface area contributed by atoms with Crippen LogP contribution in [0, 0.1) is 6.92 Å². The Balaban J connectivity index is 2.08. The van der Waals surface area contributed by atoms with Gasteiger partial charge in [0.15, 0.2) is 5.78 Å². The number of ketones is 1. The lowest BCUT2D eigenvalue weighted by Crippen LogP contribution is -2.44. The van der Waals surface area contributed by atoms with Crippen LogP contribution in [0.2, 0.25) is 0 Å². The van der Waals surface area contributed by atoms with Gasteiger partial charge in [-0.1, -0.05) is 12.8 Å². The first-order valence-electron chi connectivity index (χ1n) is 8.21. The maximum atomic E-state index is 12.5. The molecule has 128 valence electrons. The molecule has 1 fully saturated rings. The van der Waals surface area contributed by atoms with Gasteiger partial charge in [-0.05, 0) is 40.5 Å². The van der Waals surface area contributed by atoms with Crippen molar-refractivity contribution in [3.8, 4) is 0 Å². The van der Waals surface area contributed by atoms with E-state index >= 15 is 0 Å². The molecular formula is C17H26N2O3S. The van der Waals surface area contributed by atoms with E-state index in [1.807, 2.05) is 27.7 Å². The van der Waals surface area contributed by atoms with E-state index in [0.717, 1.165) is 30.7 Å². The summed E-state index contributed by atoms with van der Waals surface area (Å²) < 4.78 is 5.52. The third-order valence-corrected chi connectivity index (χ3v) is 4.60. The molecule has 1 unspecified atom stereocenters. The second-order valence-electron chi connectivity index (χ2n) is 7.06. The number of Topliss-reactive ketones (excluding diaryl/α,β-unsaturated/α-hetero) is 1. The zero-order valence-electron chi connectivity index (χ0n) is 14.4. The number of hydrogen-bond donors (Lipinski definition) is 0. The Kier molecular flexibility index (Phi) is 5.79. The number of rotatable bonds is 3. The van der Waals surface area contributed by atoms with Gasteiger partial charge in [-0.15, -0.1) is 11.3 Å². The number of aryl methyl sites for hydroxylation is 1. The number of amides is 1. The lowest BCUT2D eigenvalue weighted by Gasteiger charge is -2.32. The van der Waals surface area contributed by atoms with Crippen LogP contribution in [0.4, 0.5) is 4.79 Å². The van der Waals surface area contributed by atoms with Gasteiger partial charge in [-0.25, -0.2) is 9.78 Å². The van der Waals surface area contributed by atoms with E-state index in [4.69, 9.17) is 4.74 Å². The Labute approximate surface area is 142 Å². The smallest absolute Gasteiger partial charge is 0.410 e. The first-order chi connectivity index (χ1) is 10.8. The highest BCUT2D eigenvalue weighted by molar-refractivity contribution is 7.09. The van der Waals surface area contributed by atoms with E-state index in [2.05, 4.69) is 4.98 Å². The van der Waals surface area contributed by atoms with Crippen LogP contribution in [0.25, 0.3) is 0 Å². The van der Waals surface area contributed by atoms with Crippen molar-refractivity contribution in [2.75, 3.05) is 6.54 Å². The summed E-state index contributed by atoms with van der Waals surface area (Å²) in [7, 11) is 0. The van der Waals surface area contributed by atoms with E-state index < -0.39 is 5.60 Å². The lowest BCUT2D eigenvalue weighted by molar-refractivity contribution is 0.0162. The number of likely N-dealkylation sites (tertiary alicyclic amines) is 1. The highest BCUT2D eigenvalue weighted by Crippen LogP contribution is 2.23. The van der Waals surface area contributed by atoms with Crippen molar-refractivity contribution in [2.45, 2.75) is 71.4 Å². The average Bonchev–Trinajstić information content (AvgIpc) is 2.73. The molecule has 0 N–H and O–H groups in total. The highest BCUT2D eigenvalue weighted by atomic mass is 32.1. The SMILES string of the molecule is Cc1nc(C(=O)CC2CCCCCN2C(=O)OC(C)(C)C)cs1. The van der Waals surface area contributed by atoms with Crippen LogP contribution in [0.1, 0.15) is 68.4 Å². The van der Waals surface area contributed by atoms with Crippen molar-refractivity contribution in [1.29, 1.82) is 0 Å². The summed E-state index contributed by atoms with van der Waals surface area (Å²) in [6, 6.07) is -0.0955. The van der Waals surface area contributed by atoms with E-state index in [0.29, 0.717) is 18.7 Å². The maximum absolute atomic E-state index is 12.5. The number of thiazole rings is 1. The van der Waals surface area contributed by atoms with Crippen molar-refractivity contribution >= 4 is 23.2 Å². The lowest BCUT2D eigenvalue weighted by atomic mass is 10.0. The van der Waals surface area contributed by atoms with Gasteiger partial charge in [0, 0.05) is 24.4 Å². The molecule has 1 amide bonds. The molecule has 2 heterocycles.